The van der Waals surface area contributed by atoms with Gasteiger partial charge in [-0.25, -0.2) is 9.59 Å². The molecule has 0 aromatic carbocycles. The lowest BCUT2D eigenvalue weighted by molar-refractivity contribution is -0.140. The lowest BCUT2D eigenvalue weighted by Crippen LogP contribution is -2.46. The number of rotatable bonds is 5. The van der Waals surface area contributed by atoms with Crippen LogP contribution in [-0.4, -0.2) is 28.8 Å². The van der Waals surface area contributed by atoms with E-state index in [1.54, 1.807) is 20.8 Å². The molecule has 1 atom stereocenters. The van der Waals surface area contributed by atoms with Crippen molar-refractivity contribution in [1.29, 1.82) is 0 Å². The first kappa shape index (κ1) is 17.7. The average Bonchev–Trinajstić information content (AvgIpc) is 2.12. The van der Waals surface area contributed by atoms with Gasteiger partial charge in [-0.2, -0.15) is 0 Å². The quantitative estimate of drug-likeness (QED) is 0.807. The average molecular weight is 273 g/mol. The van der Waals surface area contributed by atoms with Gasteiger partial charge in [-0.15, -0.1) is 0 Å². The summed E-state index contributed by atoms with van der Waals surface area (Å²) in [5.74, 6) is -0.727. The molecule has 0 aliphatic heterocycles. The van der Waals surface area contributed by atoms with Crippen LogP contribution in [0.3, 0.4) is 0 Å². The summed E-state index contributed by atoms with van der Waals surface area (Å²) in [5.41, 5.74) is -0.821. The summed E-state index contributed by atoms with van der Waals surface area (Å²) in [7, 11) is 0. The molecule has 2 N–H and O–H groups in total. The summed E-state index contributed by atoms with van der Waals surface area (Å²) in [6.07, 6.45) is -0.335. The second-order valence-corrected chi connectivity index (χ2v) is 6.88. The largest absolute Gasteiger partial charge is 0.480 e. The van der Waals surface area contributed by atoms with Crippen LogP contribution in [0.5, 0.6) is 0 Å². The standard InChI is InChI=1S/C14H27NO4/c1-9(2)14(6,7)8-10(11(16)17)15-12(18)19-13(3,4)5/h9-10H,8H2,1-7H3,(H,15,18)(H,16,17)/t10-/m0/s1. The van der Waals surface area contributed by atoms with Gasteiger partial charge >= 0.3 is 12.1 Å². The zero-order chi connectivity index (χ0) is 15.4. The van der Waals surface area contributed by atoms with Crippen LogP contribution in [0.15, 0.2) is 0 Å². The van der Waals surface area contributed by atoms with E-state index in [0.717, 1.165) is 0 Å². The molecule has 0 fully saturated rings. The van der Waals surface area contributed by atoms with Crippen LogP contribution < -0.4 is 5.32 Å². The fourth-order valence-corrected chi connectivity index (χ4v) is 1.41. The van der Waals surface area contributed by atoms with Crippen molar-refractivity contribution in [3.05, 3.63) is 0 Å². The van der Waals surface area contributed by atoms with Crippen molar-refractivity contribution in [2.75, 3.05) is 0 Å². The summed E-state index contributed by atoms with van der Waals surface area (Å²) >= 11 is 0. The molecule has 19 heavy (non-hydrogen) atoms. The molecular weight excluding hydrogens is 246 g/mol. The Hall–Kier alpha value is -1.26. The molecule has 0 aliphatic carbocycles. The molecule has 0 spiro atoms. The highest BCUT2D eigenvalue weighted by Gasteiger charge is 2.32. The number of hydrogen-bond acceptors (Lipinski definition) is 3. The number of carboxylic acid groups (broad SMARTS) is 1. The normalized spacial score (nSPS) is 14.1. The monoisotopic (exact) mass is 273 g/mol. The predicted octanol–water partition coefficient (Wildman–Crippen LogP) is 3.04. The first-order chi connectivity index (χ1) is 8.35. The Bertz CT molecular complexity index is 329. The van der Waals surface area contributed by atoms with Crippen LogP contribution in [-0.2, 0) is 9.53 Å². The number of aliphatic carboxylic acids is 1. The maximum Gasteiger partial charge on any atom is 0.408 e. The van der Waals surface area contributed by atoms with Crippen molar-refractivity contribution >= 4 is 12.1 Å². The van der Waals surface area contributed by atoms with Crippen LogP contribution in [0.1, 0.15) is 54.9 Å². The van der Waals surface area contributed by atoms with E-state index >= 15 is 0 Å². The van der Waals surface area contributed by atoms with E-state index in [2.05, 4.69) is 5.32 Å². The molecular formula is C14H27NO4. The number of carboxylic acids is 1. The molecule has 0 heterocycles. The molecule has 0 saturated carbocycles. The van der Waals surface area contributed by atoms with Crippen molar-refractivity contribution in [3.8, 4) is 0 Å². The Morgan fingerprint density at radius 2 is 1.63 bits per heavy atom. The van der Waals surface area contributed by atoms with Gasteiger partial charge in [0.2, 0.25) is 0 Å². The maximum absolute atomic E-state index is 11.6. The van der Waals surface area contributed by atoms with E-state index in [0.29, 0.717) is 12.3 Å². The van der Waals surface area contributed by atoms with Crippen molar-refractivity contribution in [3.63, 3.8) is 0 Å². The highest BCUT2D eigenvalue weighted by molar-refractivity contribution is 5.80. The number of nitrogens with one attached hydrogen (secondary N) is 1. The van der Waals surface area contributed by atoms with E-state index in [1.807, 2.05) is 27.7 Å². The van der Waals surface area contributed by atoms with Crippen molar-refractivity contribution in [1.82, 2.24) is 5.32 Å². The smallest absolute Gasteiger partial charge is 0.408 e. The number of amides is 1. The third-order valence-electron chi connectivity index (χ3n) is 3.28. The van der Waals surface area contributed by atoms with Gasteiger partial charge in [0.15, 0.2) is 0 Å². The van der Waals surface area contributed by atoms with E-state index in [4.69, 9.17) is 4.74 Å². The van der Waals surface area contributed by atoms with Crippen LogP contribution in [0.4, 0.5) is 4.79 Å². The van der Waals surface area contributed by atoms with Gasteiger partial charge in [0.05, 0.1) is 0 Å². The third kappa shape index (κ3) is 7.03. The first-order valence-corrected chi connectivity index (χ1v) is 6.57. The van der Waals surface area contributed by atoms with Crippen molar-refractivity contribution < 1.29 is 19.4 Å². The van der Waals surface area contributed by atoms with Crippen molar-refractivity contribution in [2.45, 2.75) is 66.5 Å². The van der Waals surface area contributed by atoms with E-state index in [-0.39, 0.29) is 5.41 Å². The lowest BCUT2D eigenvalue weighted by atomic mass is 9.76. The van der Waals surface area contributed by atoms with Gasteiger partial charge in [0, 0.05) is 0 Å². The molecule has 0 saturated heterocycles. The molecule has 5 heteroatoms. The highest BCUT2D eigenvalue weighted by Crippen LogP contribution is 2.31. The second kappa shape index (κ2) is 6.26. The summed E-state index contributed by atoms with van der Waals surface area (Å²) < 4.78 is 5.08. The zero-order valence-electron chi connectivity index (χ0n) is 13.0. The Labute approximate surface area is 115 Å². The van der Waals surface area contributed by atoms with E-state index in [1.165, 1.54) is 0 Å². The molecule has 0 unspecified atom stereocenters. The molecule has 5 nitrogen and oxygen atoms in total. The Kier molecular flexibility index (Phi) is 5.84. The molecule has 0 aromatic rings. The van der Waals surface area contributed by atoms with Crippen molar-refractivity contribution in [2.24, 2.45) is 11.3 Å². The summed E-state index contributed by atoms with van der Waals surface area (Å²) in [5, 5.41) is 11.6. The Morgan fingerprint density at radius 3 is 1.95 bits per heavy atom. The predicted molar refractivity (Wildman–Crippen MR) is 74.0 cm³/mol. The van der Waals surface area contributed by atoms with Gasteiger partial charge < -0.3 is 15.2 Å². The molecule has 1 amide bonds. The molecule has 0 aromatic heterocycles. The number of alkyl carbamates (subject to hydrolysis) is 1. The van der Waals surface area contributed by atoms with Gasteiger partial charge in [-0.3, -0.25) is 0 Å². The summed E-state index contributed by atoms with van der Waals surface area (Å²) in [4.78, 5) is 22.9. The number of carbonyl (C=O) groups excluding carboxylic acids is 1. The third-order valence-corrected chi connectivity index (χ3v) is 3.28. The molecule has 0 bridgehead atoms. The minimum Gasteiger partial charge on any atom is -0.480 e. The fraction of sp³-hybridized carbons (Fsp3) is 0.857. The highest BCUT2D eigenvalue weighted by atomic mass is 16.6. The van der Waals surface area contributed by atoms with E-state index < -0.39 is 23.7 Å². The van der Waals surface area contributed by atoms with Gasteiger partial charge in [0.25, 0.3) is 0 Å². The maximum atomic E-state index is 11.6. The molecule has 0 aliphatic rings. The van der Waals surface area contributed by atoms with Crippen LogP contribution in [0, 0.1) is 11.3 Å². The van der Waals surface area contributed by atoms with Gasteiger partial charge in [0.1, 0.15) is 11.6 Å². The van der Waals surface area contributed by atoms with Gasteiger partial charge in [-0.05, 0) is 38.5 Å². The topological polar surface area (TPSA) is 75.6 Å². The second-order valence-electron chi connectivity index (χ2n) is 6.88. The minimum atomic E-state index is -1.04. The zero-order valence-corrected chi connectivity index (χ0v) is 13.0. The summed E-state index contributed by atoms with van der Waals surface area (Å²) in [6.45, 7) is 13.3. The van der Waals surface area contributed by atoms with E-state index in [9.17, 15) is 14.7 Å². The molecule has 0 radical (unpaired) electrons. The first-order valence-electron chi connectivity index (χ1n) is 6.57. The summed E-state index contributed by atoms with van der Waals surface area (Å²) in [6, 6.07) is -0.938. The van der Waals surface area contributed by atoms with Crippen LogP contribution in [0.25, 0.3) is 0 Å². The minimum absolute atomic E-state index is 0.182. The number of ether oxygens (including phenoxy) is 1. The Morgan fingerprint density at radius 1 is 1.16 bits per heavy atom. The van der Waals surface area contributed by atoms with Crippen LogP contribution in [0.2, 0.25) is 0 Å². The fourth-order valence-electron chi connectivity index (χ4n) is 1.41. The number of carbonyl (C=O) groups is 2. The molecule has 112 valence electrons. The SMILES string of the molecule is CC(C)C(C)(C)C[C@H](NC(=O)OC(C)(C)C)C(=O)O. The molecule has 0 rings (SSSR count). The van der Waals surface area contributed by atoms with Crippen LogP contribution >= 0.6 is 0 Å². The Balaban J connectivity index is 4.69. The lowest BCUT2D eigenvalue weighted by Gasteiger charge is -2.32. The number of hydrogen-bond donors (Lipinski definition) is 2. The van der Waals surface area contributed by atoms with Gasteiger partial charge in [-0.1, -0.05) is 27.7 Å².